The zero-order valence-corrected chi connectivity index (χ0v) is 33.7. The molecule has 272 valence electrons. The van der Waals surface area contributed by atoms with Crippen molar-refractivity contribution in [1.82, 2.24) is 0 Å². The van der Waals surface area contributed by atoms with Crippen LogP contribution in [-0.2, 0) is 0 Å². The van der Waals surface area contributed by atoms with Crippen LogP contribution in [0.25, 0.3) is 0 Å². The molecule has 0 bridgehead atoms. The van der Waals surface area contributed by atoms with Gasteiger partial charge in [-0.05, 0) is 94.7 Å². The molecule has 0 spiro atoms. The molecule has 0 fully saturated rings. The third kappa shape index (κ3) is 51.3. The van der Waals surface area contributed by atoms with Crippen molar-refractivity contribution in [3.8, 4) is 385 Å². The van der Waals surface area contributed by atoms with Gasteiger partial charge in [-0.25, -0.2) is 11.8 Å². The second kappa shape index (κ2) is 51.3. The predicted molar refractivity (Wildman–Crippen MR) is 261 cm³/mol. The molecule has 0 rings (SSSR count). The van der Waals surface area contributed by atoms with Gasteiger partial charge in [-0.1, -0.05) is 0 Å². The number of rotatable bonds is 0. The Kier molecular flexibility index (Phi) is 40.1. The second-order valence-corrected chi connectivity index (χ2v) is 8.18. The van der Waals surface area contributed by atoms with Crippen LogP contribution in [0.3, 0.4) is 0 Å². The van der Waals surface area contributed by atoms with Gasteiger partial charge in [0.25, 0.3) is 0 Å². The maximum absolute atomic E-state index is 6.58. The fourth-order valence-corrected chi connectivity index (χ4v) is 1.98. The largest absolute Gasteiger partial charge is 0.358 e. The number of hydrogen-bond acceptors (Lipinski definition) is 0. The third-order valence-corrected chi connectivity index (χ3v) is 4.03. The van der Waals surface area contributed by atoms with Crippen LogP contribution in [-0.4, -0.2) is 0 Å². The normalized spacial score (nSPS) is 3.93. The van der Waals surface area contributed by atoms with Crippen LogP contribution in [0.5, 0.6) is 0 Å². The Morgan fingerprint density at radius 1 is 0.119 bits per heavy atom. The van der Waals surface area contributed by atoms with Crippen LogP contribution in [0.1, 0.15) is 0 Å². The average Bonchev–Trinajstić information content (AvgIpc) is 3.34. The first-order valence-corrected chi connectivity index (χ1v) is 16.6. The van der Waals surface area contributed by atoms with E-state index < -0.39 is 0 Å². The predicted octanol–water partition coefficient (Wildman–Crippen LogP) is 0.519. The molecular weight excluding hydrogens is 805 g/mol. The lowest BCUT2D eigenvalue weighted by atomic mass is 10.4. The van der Waals surface area contributed by atoms with Crippen molar-refractivity contribution in [3.63, 3.8) is 0 Å². The summed E-state index contributed by atoms with van der Waals surface area (Å²) in [5, 5.41) is 0. The molecule has 0 aromatic heterocycles. The van der Waals surface area contributed by atoms with Crippen LogP contribution in [0.2, 0.25) is 0 Å². The highest BCUT2D eigenvalue weighted by molar-refractivity contribution is 5.52. The quantitative estimate of drug-likeness (QED) is 0.248. The molecule has 0 saturated heterocycles. The van der Waals surface area contributed by atoms with Crippen molar-refractivity contribution < 1.29 is 0 Å². The van der Waals surface area contributed by atoms with Gasteiger partial charge < -0.3 is 6.42 Å². The topological polar surface area (TPSA) is 0 Å². The van der Waals surface area contributed by atoms with E-state index in [2.05, 4.69) is 386 Å². The summed E-state index contributed by atoms with van der Waals surface area (Å²) in [5.74, 6) is 161. The van der Waals surface area contributed by atoms with E-state index >= 15 is 0 Å². The molecule has 0 unspecified atom stereocenters. The molecule has 0 aromatic rings. The Labute approximate surface area is 396 Å². The molecular formula is C67H2-2. The summed E-state index contributed by atoms with van der Waals surface area (Å²) < 4.78 is 0. The lowest BCUT2D eigenvalue weighted by Gasteiger charge is -1.64. The van der Waals surface area contributed by atoms with E-state index in [0.29, 0.717) is 0 Å². The van der Waals surface area contributed by atoms with Gasteiger partial charge in [-0.15, -0.1) is 11.8 Å². The summed E-state index contributed by atoms with van der Waals surface area (Å²) in [6.07, 6.45) is 6.58. The Balaban J connectivity index is 4.60. The monoisotopic (exact) mass is 806 g/mol. The maximum Gasteiger partial charge on any atom is 0 e. The van der Waals surface area contributed by atoms with Gasteiger partial charge in [-0.2, -0.15) is 6.92 Å². The van der Waals surface area contributed by atoms with E-state index in [1.807, 2.05) is 5.92 Å². The van der Waals surface area contributed by atoms with Crippen LogP contribution in [0.15, 0.2) is 0 Å². The maximum atomic E-state index is 6.58. The molecule has 0 saturated carbocycles. The van der Waals surface area contributed by atoms with Gasteiger partial charge in [0.2, 0.25) is 0 Å². The first kappa shape index (κ1) is 52.3. The molecule has 0 atom stereocenters. The molecule has 0 aliphatic rings. The van der Waals surface area contributed by atoms with Gasteiger partial charge in [0.1, 0.15) is 0 Å². The van der Waals surface area contributed by atoms with E-state index in [0.717, 1.165) is 0 Å². The molecule has 0 heteroatoms. The van der Waals surface area contributed by atoms with Crippen molar-refractivity contribution in [2.75, 3.05) is 0 Å². The first-order chi connectivity index (χ1) is 33.4. The molecule has 0 radical (unpaired) electrons. The average molecular weight is 807 g/mol. The lowest BCUT2D eigenvalue weighted by Crippen LogP contribution is -1.57. The molecule has 0 N–H and O–H groups in total. The molecule has 0 nitrogen and oxygen atoms in total. The molecule has 0 aliphatic heterocycles. The smallest absolute Gasteiger partial charge is 0 e. The van der Waals surface area contributed by atoms with Crippen LogP contribution >= 0.6 is 0 Å². The van der Waals surface area contributed by atoms with Gasteiger partial charge in [0.05, 0.1) is 0 Å². The van der Waals surface area contributed by atoms with Crippen molar-refractivity contribution in [2.24, 2.45) is 0 Å². The molecule has 0 aromatic carbocycles. The highest BCUT2D eigenvalue weighted by Gasteiger charge is 1.63. The van der Waals surface area contributed by atoms with Crippen molar-refractivity contribution in [2.45, 2.75) is 0 Å². The van der Waals surface area contributed by atoms with Crippen LogP contribution < -0.4 is 0 Å². The number of hydrogen-bond donors (Lipinski definition) is 0. The Hall–Kier alpha value is -14.7. The molecule has 0 heterocycles. The zero-order valence-electron chi connectivity index (χ0n) is 33.7. The molecule has 0 amide bonds. The summed E-state index contributed by atoms with van der Waals surface area (Å²) in [5.41, 5.74) is 0. The van der Waals surface area contributed by atoms with Crippen molar-refractivity contribution in [3.05, 3.63) is 13.3 Å². The van der Waals surface area contributed by atoms with E-state index in [-0.39, 0.29) is 0 Å². The SMILES string of the molecule is [C-]#CC#CC#CC#CC#CC#CC#CC#CC#CC#CC#CC#CC#CC#CC#CC#CC#CC#CC#CC#CC#CC#CC#CC#CC#CC#CC#CC#CC#CC#CC#CC#CC#C[CH2-]. The fourth-order valence-electron chi connectivity index (χ4n) is 1.98. The highest BCUT2D eigenvalue weighted by Crippen LogP contribution is 1.64. The van der Waals surface area contributed by atoms with E-state index in [9.17, 15) is 0 Å². The standard InChI is InChI=1S/C67H2/c1-3-5-7-9-11-13-15-17-19-21-23-25-27-29-31-33-35-37-39-41-43-45-47-49-51-53-55-57-59-61-63-65-67-66-64-62-60-58-56-54-52-50-48-46-44-42-40-38-36-34-32-30-28-26-24-22-20-18-16-14-12-10-8-6-4-2/h1H2/q-2. The Morgan fingerprint density at radius 2 is 0.194 bits per heavy atom. The Morgan fingerprint density at radius 3 is 0.269 bits per heavy atom. The lowest BCUT2D eigenvalue weighted by molar-refractivity contribution is 2.31. The van der Waals surface area contributed by atoms with Gasteiger partial charge in [0.15, 0.2) is 0 Å². The van der Waals surface area contributed by atoms with Gasteiger partial charge >= 0.3 is 0 Å². The summed E-state index contributed by atoms with van der Waals surface area (Å²) in [6.45, 7) is 3.31. The Bertz CT molecular complexity index is 4360. The van der Waals surface area contributed by atoms with E-state index in [1.165, 1.54) is 0 Å². The van der Waals surface area contributed by atoms with Crippen LogP contribution in [0.4, 0.5) is 0 Å². The van der Waals surface area contributed by atoms with Crippen LogP contribution in [0, 0.1) is 398 Å². The molecule has 67 heavy (non-hydrogen) atoms. The fraction of sp³-hybridized carbons (Fsp3) is 0. The zero-order chi connectivity index (χ0) is 48.0. The minimum atomic E-state index is 1.87. The summed E-state index contributed by atoms with van der Waals surface area (Å²) >= 11 is 0. The minimum absolute atomic E-state index is 1.87. The third-order valence-electron chi connectivity index (χ3n) is 4.03. The van der Waals surface area contributed by atoms with E-state index in [1.54, 1.807) is 0 Å². The first-order valence-electron chi connectivity index (χ1n) is 16.6. The van der Waals surface area contributed by atoms with Crippen molar-refractivity contribution >= 4 is 0 Å². The summed E-state index contributed by atoms with van der Waals surface area (Å²) in [6, 6.07) is 0. The second-order valence-electron chi connectivity index (χ2n) is 8.18. The summed E-state index contributed by atoms with van der Waals surface area (Å²) in [7, 11) is 0. The highest BCUT2D eigenvalue weighted by atomic mass is 13.6. The van der Waals surface area contributed by atoms with E-state index in [4.69, 9.17) is 6.42 Å². The van der Waals surface area contributed by atoms with Crippen molar-refractivity contribution in [1.29, 1.82) is 0 Å². The minimum Gasteiger partial charge on any atom is -0.358 e. The molecule has 0 aliphatic carbocycles. The van der Waals surface area contributed by atoms with Gasteiger partial charge in [0, 0.05) is 255 Å². The van der Waals surface area contributed by atoms with Gasteiger partial charge in [-0.3, -0.25) is 11.8 Å². The summed E-state index contributed by atoms with van der Waals surface area (Å²) in [4.78, 5) is 0.